The molecule has 0 bridgehead atoms. The lowest BCUT2D eigenvalue weighted by atomic mass is 10.1. The molecule has 0 aliphatic heterocycles. The topological polar surface area (TPSA) is 68.2 Å². The molecule has 29 heavy (non-hydrogen) atoms. The minimum Gasteiger partial charge on any atom is -0.465 e. The van der Waals surface area contributed by atoms with Crippen molar-refractivity contribution >= 4 is 57.1 Å². The molecule has 150 valence electrons. The monoisotopic (exact) mass is 446 g/mol. The van der Waals surface area contributed by atoms with Crippen LogP contribution in [0.5, 0.6) is 0 Å². The van der Waals surface area contributed by atoms with Gasteiger partial charge in [-0.2, -0.15) is 5.10 Å². The molecule has 0 radical (unpaired) electrons. The summed E-state index contributed by atoms with van der Waals surface area (Å²) in [6.07, 6.45) is 4.83. The number of hydrogen-bond acceptors (Lipinski definition) is 5. The van der Waals surface area contributed by atoms with Gasteiger partial charge in [-0.1, -0.05) is 23.7 Å². The highest BCUT2D eigenvalue weighted by atomic mass is 35.5. The number of aryl methyl sites for hydroxylation is 1. The first kappa shape index (κ1) is 19.9. The third-order valence-electron chi connectivity index (χ3n) is 4.68. The molecule has 0 saturated heterocycles. The van der Waals surface area contributed by atoms with Gasteiger partial charge in [-0.3, -0.25) is 4.68 Å². The van der Waals surface area contributed by atoms with E-state index >= 15 is 0 Å². The van der Waals surface area contributed by atoms with Crippen molar-refractivity contribution < 1.29 is 9.53 Å². The van der Waals surface area contributed by atoms with Crippen molar-refractivity contribution in [2.45, 2.75) is 25.8 Å². The SMILES string of the molecule is COC(=O)c1c(NC(=S)Nc2ccn(Cc3ccc(Cl)cc3)n2)sc2c1CCC2. The second-order valence-corrected chi connectivity index (χ2v) is 8.61. The first-order chi connectivity index (χ1) is 14.0. The van der Waals surface area contributed by atoms with Gasteiger partial charge in [-0.25, -0.2) is 4.79 Å². The van der Waals surface area contributed by atoms with Crippen LogP contribution in [0.15, 0.2) is 36.5 Å². The average Bonchev–Trinajstić information content (AvgIpc) is 3.39. The first-order valence-electron chi connectivity index (χ1n) is 9.12. The maximum absolute atomic E-state index is 12.2. The summed E-state index contributed by atoms with van der Waals surface area (Å²) in [6.45, 7) is 0.628. The number of esters is 1. The van der Waals surface area contributed by atoms with Gasteiger partial charge in [0, 0.05) is 22.2 Å². The summed E-state index contributed by atoms with van der Waals surface area (Å²) >= 11 is 12.9. The van der Waals surface area contributed by atoms with Gasteiger partial charge in [-0.15, -0.1) is 11.3 Å². The smallest absolute Gasteiger partial charge is 0.341 e. The molecule has 6 nitrogen and oxygen atoms in total. The molecule has 9 heteroatoms. The molecule has 1 aliphatic carbocycles. The highest BCUT2D eigenvalue weighted by Crippen LogP contribution is 2.39. The average molecular weight is 447 g/mol. The van der Waals surface area contributed by atoms with Crippen molar-refractivity contribution in [2.24, 2.45) is 0 Å². The van der Waals surface area contributed by atoms with Gasteiger partial charge in [0.05, 0.1) is 19.2 Å². The Kier molecular flexibility index (Phi) is 5.84. The van der Waals surface area contributed by atoms with Gasteiger partial charge in [0.2, 0.25) is 0 Å². The summed E-state index contributed by atoms with van der Waals surface area (Å²) in [5.74, 6) is 0.294. The Bertz CT molecular complexity index is 1060. The lowest BCUT2D eigenvalue weighted by Gasteiger charge is -2.09. The van der Waals surface area contributed by atoms with Crippen molar-refractivity contribution in [3.8, 4) is 0 Å². The van der Waals surface area contributed by atoms with Crippen LogP contribution in [0.3, 0.4) is 0 Å². The summed E-state index contributed by atoms with van der Waals surface area (Å²) in [5.41, 5.74) is 2.78. The van der Waals surface area contributed by atoms with Crippen molar-refractivity contribution in [1.82, 2.24) is 9.78 Å². The van der Waals surface area contributed by atoms with Crippen molar-refractivity contribution in [2.75, 3.05) is 17.7 Å². The zero-order chi connectivity index (χ0) is 20.4. The maximum atomic E-state index is 12.2. The molecule has 3 aromatic rings. The predicted octanol–water partition coefficient (Wildman–Crippen LogP) is 4.73. The Labute approximate surface area is 182 Å². The molecule has 2 aromatic heterocycles. The first-order valence-corrected chi connectivity index (χ1v) is 10.7. The van der Waals surface area contributed by atoms with Gasteiger partial charge in [-0.05, 0) is 54.7 Å². The molecule has 2 heterocycles. The molecule has 0 saturated carbocycles. The fraction of sp³-hybridized carbons (Fsp3) is 0.250. The van der Waals surface area contributed by atoms with E-state index in [0.717, 1.165) is 35.4 Å². The highest BCUT2D eigenvalue weighted by molar-refractivity contribution is 7.80. The minimum absolute atomic E-state index is 0.332. The van der Waals surface area contributed by atoms with Gasteiger partial charge < -0.3 is 15.4 Å². The zero-order valence-electron chi connectivity index (χ0n) is 15.7. The van der Waals surface area contributed by atoms with Gasteiger partial charge >= 0.3 is 5.97 Å². The normalized spacial score (nSPS) is 12.5. The Morgan fingerprint density at radius 3 is 2.83 bits per heavy atom. The summed E-state index contributed by atoms with van der Waals surface area (Å²) in [4.78, 5) is 13.5. The van der Waals surface area contributed by atoms with E-state index in [-0.39, 0.29) is 5.97 Å². The van der Waals surface area contributed by atoms with Crippen LogP contribution in [0, 0.1) is 0 Å². The van der Waals surface area contributed by atoms with Crippen LogP contribution in [-0.2, 0) is 24.1 Å². The minimum atomic E-state index is -0.332. The fourth-order valence-corrected chi connectivity index (χ4v) is 5.03. The van der Waals surface area contributed by atoms with Crippen LogP contribution in [0.2, 0.25) is 5.02 Å². The van der Waals surface area contributed by atoms with Gasteiger partial charge in [0.1, 0.15) is 5.00 Å². The van der Waals surface area contributed by atoms with Gasteiger partial charge in [0.15, 0.2) is 10.9 Å². The number of benzene rings is 1. The fourth-order valence-electron chi connectivity index (χ4n) is 3.35. The molecule has 0 spiro atoms. The summed E-state index contributed by atoms with van der Waals surface area (Å²) in [6, 6.07) is 9.49. The maximum Gasteiger partial charge on any atom is 0.341 e. The number of anilines is 2. The number of rotatable bonds is 5. The van der Waals surface area contributed by atoms with Crippen LogP contribution < -0.4 is 10.6 Å². The Balaban J connectivity index is 1.42. The van der Waals surface area contributed by atoms with E-state index < -0.39 is 0 Å². The van der Waals surface area contributed by atoms with E-state index in [1.807, 2.05) is 41.2 Å². The lowest BCUT2D eigenvalue weighted by Crippen LogP contribution is -2.20. The number of nitrogens with one attached hydrogen (secondary N) is 2. The number of halogens is 1. The quantitative estimate of drug-likeness (QED) is 0.436. The number of thiophene rings is 1. The standard InChI is InChI=1S/C20H19ClN4O2S2/c1-27-19(26)17-14-3-2-4-15(14)29-18(17)23-20(28)22-16-9-10-25(24-16)11-12-5-7-13(21)8-6-12/h5-10H,2-4,11H2,1H3,(H2,22,23,24,28). The molecular weight excluding hydrogens is 428 g/mol. The van der Waals surface area contributed by atoms with Crippen LogP contribution in [-0.4, -0.2) is 28.0 Å². The number of nitrogens with zero attached hydrogens (tertiary/aromatic N) is 2. The molecule has 0 amide bonds. The third kappa shape index (κ3) is 4.44. The van der Waals surface area contributed by atoms with Crippen molar-refractivity contribution in [3.63, 3.8) is 0 Å². The molecule has 4 rings (SSSR count). The number of aromatic nitrogens is 2. The van der Waals surface area contributed by atoms with Crippen LogP contribution in [0.1, 0.15) is 32.8 Å². The van der Waals surface area contributed by atoms with E-state index in [1.54, 1.807) is 11.3 Å². The Morgan fingerprint density at radius 1 is 1.28 bits per heavy atom. The highest BCUT2D eigenvalue weighted by Gasteiger charge is 2.27. The Hall–Kier alpha value is -2.42. The molecule has 1 aromatic carbocycles. The summed E-state index contributed by atoms with van der Waals surface area (Å²) in [5, 5.41) is 12.5. The molecule has 2 N–H and O–H groups in total. The van der Waals surface area contributed by atoms with E-state index in [0.29, 0.717) is 28.1 Å². The largest absolute Gasteiger partial charge is 0.465 e. The summed E-state index contributed by atoms with van der Waals surface area (Å²) < 4.78 is 6.78. The van der Waals surface area contributed by atoms with E-state index in [2.05, 4.69) is 15.7 Å². The van der Waals surface area contributed by atoms with E-state index in [4.69, 9.17) is 28.6 Å². The second kappa shape index (κ2) is 8.52. The lowest BCUT2D eigenvalue weighted by molar-refractivity contribution is 0.0601. The molecular formula is C20H19ClN4O2S2. The van der Waals surface area contributed by atoms with Crippen molar-refractivity contribution in [3.05, 3.63) is 63.1 Å². The molecule has 0 fully saturated rings. The Morgan fingerprint density at radius 2 is 2.07 bits per heavy atom. The molecule has 0 atom stereocenters. The number of ether oxygens (including phenoxy) is 1. The number of carbonyl (C=O) groups excluding carboxylic acids is 1. The van der Waals surface area contributed by atoms with Crippen molar-refractivity contribution in [1.29, 1.82) is 0 Å². The van der Waals surface area contributed by atoms with Gasteiger partial charge in [0.25, 0.3) is 0 Å². The molecule has 1 aliphatic rings. The van der Waals surface area contributed by atoms with Crippen LogP contribution >= 0.6 is 35.2 Å². The predicted molar refractivity (Wildman–Crippen MR) is 120 cm³/mol. The van der Waals surface area contributed by atoms with Crippen LogP contribution in [0.4, 0.5) is 10.8 Å². The number of carbonyl (C=O) groups is 1. The summed E-state index contributed by atoms with van der Waals surface area (Å²) in [7, 11) is 1.40. The number of fused-ring (bicyclic) bond motifs is 1. The second-order valence-electron chi connectivity index (χ2n) is 6.66. The number of methoxy groups -OCH3 is 1. The number of thiocarbonyl (C=S) groups is 1. The third-order valence-corrected chi connectivity index (χ3v) is 6.34. The van der Waals surface area contributed by atoms with E-state index in [1.165, 1.54) is 12.0 Å². The number of hydrogen-bond donors (Lipinski definition) is 2. The van der Waals surface area contributed by atoms with Crippen LogP contribution in [0.25, 0.3) is 0 Å². The molecule has 0 unspecified atom stereocenters. The zero-order valence-corrected chi connectivity index (χ0v) is 18.1. The van der Waals surface area contributed by atoms with E-state index in [9.17, 15) is 4.79 Å².